The van der Waals surface area contributed by atoms with E-state index in [1.807, 2.05) is 24.3 Å². The quantitative estimate of drug-likeness (QED) is 0.757. The molecule has 0 spiro atoms. The monoisotopic (exact) mass is 399 g/mol. The van der Waals surface area contributed by atoms with E-state index in [2.05, 4.69) is 39.8 Å². The number of aromatic nitrogens is 2. The number of benzene rings is 1. The third kappa shape index (κ3) is 2.76. The fourth-order valence-electron chi connectivity index (χ4n) is 2.14. The zero-order valence-electron chi connectivity index (χ0n) is 11.2. The molecule has 1 N–H and O–H groups in total. The molecule has 0 amide bonds. The summed E-state index contributed by atoms with van der Waals surface area (Å²) in [4.78, 5) is 9.41. The number of halogens is 2. The van der Waals surface area contributed by atoms with E-state index < -0.39 is 0 Å². The summed E-state index contributed by atoms with van der Waals surface area (Å²) in [5.74, 6) is 2.22. The average Bonchev–Trinajstić information content (AvgIpc) is 3.26. The van der Waals surface area contributed by atoms with Gasteiger partial charge in [-0.3, -0.25) is 0 Å². The predicted octanol–water partition coefficient (Wildman–Crippen LogP) is 4.71. The van der Waals surface area contributed by atoms with Crippen molar-refractivity contribution in [3.05, 3.63) is 38.6 Å². The van der Waals surface area contributed by atoms with Crippen LogP contribution in [0.2, 0.25) is 5.02 Å². The number of rotatable bonds is 4. The molecule has 0 bridgehead atoms. The van der Waals surface area contributed by atoms with E-state index in [1.54, 1.807) is 0 Å². The third-order valence-corrected chi connectivity index (χ3v) is 4.69. The van der Waals surface area contributed by atoms with Gasteiger partial charge < -0.3 is 5.32 Å². The van der Waals surface area contributed by atoms with Crippen molar-refractivity contribution in [2.45, 2.75) is 25.7 Å². The molecule has 1 aromatic heterocycles. The van der Waals surface area contributed by atoms with Crippen molar-refractivity contribution in [3.63, 3.8) is 0 Å². The molecule has 0 saturated heterocycles. The van der Waals surface area contributed by atoms with Crippen LogP contribution < -0.4 is 5.32 Å². The summed E-state index contributed by atoms with van der Waals surface area (Å²) in [6.45, 7) is 2.92. The lowest BCUT2D eigenvalue weighted by atomic mass is 10.2. The Morgan fingerprint density at radius 3 is 2.70 bits per heavy atom. The molecule has 1 aliphatic rings. The van der Waals surface area contributed by atoms with E-state index >= 15 is 0 Å². The van der Waals surface area contributed by atoms with Gasteiger partial charge in [-0.2, -0.15) is 0 Å². The first kappa shape index (κ1) is 14.1. The van der Waals surface area contributed by atoms with E-state index in [0.29, 0.717) is 16.8 Å². The molecule has 1 heterocycles. The molecular weight excluding hydrogens is 385 g/mol. The lowest BCUT2D eigenvalue weighted by molar-refractivity contribution is 0.972. The second-order valence-corrected chi connectivity index (χ2v) is 6.37. The van der Waals surface area contributed by atoms with Gasteiger partial charge in [-0.05, 0) is 54.5 Å². The van der Waals surface area contributed by atoms with Crippen LogP contribution in [0.3, 0.4) is 0 Å². The van der Waals surface area contributed by atoms with Gasteiger partial charge >= 0.3 is 0 Å². The van der Waals surface area contributed by atoms with Crippen LogP contribution in [0.25, 0.3) is 11.4 Å². The maximum Gasteiger partial charge on any atom is 0.163 e. The number of hydrogen-bond donors (Lipinski definition) is 1. The van der Waals surface area contributed by atoms with Crippen molar-refractivity contribution in [1.82, 2.24) is 9.97 Å². The molecule has 2 aromatic rings. The molecule has 1 aromatic carbocycles. The van der Waals surface area contributed by atoms with Crippen molar-refractivity contribution in [2.75, 3.05) is 11.9 Å². The fourth-order valence-corrected chi connectivity index (χ4v) is 3.23. The van der Waals surface area contributed by atoms with Crippen LogP contribution in [0.1, 0.15) is 31.4 Å². The van der Waals surface area contributed by atoms with Gasteiger partial charge in [-0.15, -0.1) is 0 Å². The highest BCUT2D eigenvalue weighted by Crippen LogP contribution is 2.43. The van der Waals surface area contributed by atoms with Gasteiger partial charge in [-0.1, -0.05) is 23.7 Å². The minimum absolute atomic E-state index is 0.587. The predicted molar refractivity (Wildman–Crippen MR) is 91.3 cm³/mol. The molecule has 3 rings (SSSR count). The summed E-state index contributed by atoms with van der Waals surface area (Å²) in [6.07, 6.45) is 2.45. The third-order valence-electron chi connectivity index (χ3n) is 3.30. The lowest BCUT2D eigenvalue weighted by Crippen LogP contribution is -2.07. The molecule has 1 aliphatic carbocycles. The molecule has 20 heavy (non-hydrogen) atoms. The Bertz CT molecular complexity index is 641. The highest BCUT2D eigenvalue weighted by atomic mass is 127. The number of anilines is 1. The van der Waals surface area contributed by atoms with Gasteiger partial charge in [-0.25, -0.2) is 9.97 Å². The first-order valence-corrected chi connectivity index (χ1v) is 8.22. The molecule has 3 nitrogen and oxygen atoms in total. The Hall–Kier alpha value is -0.880. The van der Waals surface area contributed by atoms with Crippen LogP contribution in [0.15, 0.2) is 24.3 Å². The Balaban J connectivity index is 2.13. The summed E-state index contributed by atoms with van der Waals surface area (Å²) in [5.41, 5.74) is 2.05. The molecule has 104 valence electrons. The molecule has 1 fully saturated rings. The molecule has 0 radical (unpaired) electrons. The summed E-state index contributed by atoms with van der Waals surface area (Å²) in [5, 5.41) is 4.02. The topological polar surface area (TPSA) is 37.8 Å². The second kappa shape index (κ2) is 5.85. The normalized spacial score (nSPS) is 14.3. The van der Waals surface area contributed by atoms with Crippen LogP contribution in [-0.2, 0) is 0 Å². The summed E-state index contributed by atoms with van der Waals surface area (Å²) in [6, 6.07) is 7.73. The van der Waals surface area contributed by atoms with E-state index in [9.17, 15) is 0 Å². The van der Waals surface area contributed by atoms with Crippen LogP contribution >= 0.6 is 34.2 Å². The van der Waals surface area contributed by atoms with Gasteiger partial charge in [0, 0.05) is 18.0 Å². The van der Waals surface area contributed by atoms with E-state index in [0.717, 1.165) is 27.2 Å². The maximum atomic E-state index is 6.27. The van der Waals surface area contributed by atoms with Gasteiger partial charge in [0.25, 0.3) is 0 Å². The standard InChI is InChI=1S/C15H15ClIN3/c1-2-18-15-12(17)13(9-7-8-9)19-14(20-15)10-5-3-4-6-11(10)16/h3-6,9H,2,7-8H2,1H3,(H,18,19,20). The first-order valence-electron chi connectivity index (χ1n) is 6.77. The number of nitrogens with one attached hydrogen (secondary N) is 1. The Morgan fingerprint density at radius 1 is 1.30 bits per heavy atom. The minimum Gasteiger partial charge on any atom is -0.369 e. The van der Waals surface area contributed by atoms with Crippen LogP contribution in [-0.4, -0.2) is 16.5 Å². The summed E-state index contributed by atoms with van der Waals surface area (Å²) < 4.78 is 1.14. The van der Waals surface area contributed by atoms with E-state index in [1.165, 1.54) is 12.8 Å². The first-order chi connectivity index (χ1) is 9.70. The van der Waals surface area contributed by atoms with Gasteiger partial charge in [0.1, 0.15) is 5.82 Å². The molecule has 0 atom stereocenters. The Kier molecular flexibility index (Phi) is 4.12. The maximum absolute atomic E-state index is 6.27. The fraction of sp³-hybridized carbons (Fsp3) is 0.333. The van der Waals surface area contributed by atoms with Gasteiger partial charge in [0.05, 0.1) is 14.3 Å². The Morgan fingerprint density at radius 2 is 2.05 bits per heavy atom. The molecular formula is C15H15ClIN3. The van der Waals surface area contributed by atoms with Crippen LogP contribution in [0.4, 0.5) is 5.82 Å². The average molecular weight is 400 g/mol. The minimum atomic E-state index is 0.587. The summed E-state index contributed by atoms with van der Waals surface area (Å²) in [7, 11) is 0. The van der Waals surface area contributed by atoms with Gasteiger partial charge in [0.15, 0.2) is 5.82 Å². The summed E-state index contributed by atoms with van der Waals surface area (Å²) >= 11 is 8.62. The molecule has 0 unspecified atom stereocenters. The smallest absolute Gasteiger partial charge is 0.163 e. The SMILES string of the molecule is CCNc1nc(-c2ccccc2Cl)nc(C2CC2)c1I. The number of nitrogens with zero attached hydrogens (tertiary/aromatic N) is 2. The van der Waals surface area contributed by atoms with Crippen molar-refractivity contribution in [2.24, 2.45) is 0 Å². The van der Waals surface area contributed by atoms with Crippen molar-refractivity contribution in [1.29, 1.82) is 0 Å². The zero-order valence-corrected chi connectivity index (χ0v) is 14.1. The highest BCUT2D eigenvalue weighted by molar-refractivity contribution is 14.1. The Labute approximate surface area is 137 Å². The van der Waals surface area contributed by atoms with Crippen LogP contribution in [0.5, 0.6) is 0 Å². The number of hydrogen-bond acceptors (Lipinski definition) is 3. The second-order valence-electron chi connectivity index (χ2n) is 4.88. The van der Waals surface area contributed by atoms with Gasteiger partial charge in [0.2, 0.25) is 0 Å². The van der Waals surface area contributed by atoms with Crippen LogP contribution in [0, 0.1) is 3.57 Å². The highest BCUT2D eigenvalue weighted by Gasteiger charge is 2.29. The molecule has 5 heteroatoms. The molecule has 1 saturated carbocycles. The zero-order chi connectivity index (χ0) is 14.1. The van der Waals surface area contributed by atoms with E-state index in [4.69, 9.17) is 16.6 Å². The molecule has 0 aliphatic heterocycles. The van der Waals surface area contributed by atoms with Crippen molar-refractivity contribution in [3.8, 4) is 11.4 Å². The largest absolute Gasteiger partial charge is 0.369 e. The van der Waals surface area contributed by atoms with E-state index in [-0.39, 0.29) is 0 Å². The van der Waals surface area contributed by atoms with Crippen molar-refractivity contribution >= 4 is 40.0 Å². The lowest BCUT2D eigenvalue weighted by Gasteiger charge is -2.12. The van der Waals surface area contributed by atoms with Crippen molar-refractivity contribution < 1.29 is 0 Å².